The second-order valence-electron chi connectivity index (χ2n) is 7.35. The van der Waals surface area contributed by atoms with Crippen molar-refractivity contribution in [2.24, 2.45) is 12.0 Å². The third kappa shape index (κ3) is 6.07. The van der Waals surface area contributed by atoms with Gasteiger partial charge < -0.3 is 15.5 Å². The molecule has 2 heterocycles. The molecule has 3 rings (SSSR count). The number of hydrogen-bond donors (Lipinski definition) is 2. The summed E-state index contributed by atoms with van der Waals surface area (Å²) in [5.74, 6) is 0.662. The van der Waals surface area contributed by atoms with Gasteiger partial charge in [0.1, 0.15) is 5.82 Å². The quantitative estimate of drug-likeness (QED) is 0.365. The lowest BCUT2D eigenvalue weighted by molar-refractivity contribution is 0.461. The molecule has 0 radical (unpaired) electrons. The lowest BCUT2D eigenvalue weighted by Gasteiger charge is -2.34. The molecule has 0 aliphatic carbocycles. The first-order chi connectivity index (χ1) is 13.5. The summed E-state index contributed by atoms with van der Waals surface area (Å²) in [4.78, 5) is 7.02. The van der Waals surface area contributed by atoms with Crippen LogP contribution < -0.4 is 15.5 Å². The van der Waals surface area contributed by atoms with E-state index in [1.807, 2.05) is 24.7 Å². The maximum atomic E-state index is 13.5. The van der Waals surface area contributed by atoms with E-state index in [0.29, 0.717) is 12.6 Å². The number of halogens is 2. The first-order valence-corrected chi connectivity index (χ1v) is 10.0. The lowest BCUT2D eigenvalue weighted by atomic mass is 10.0. The standard InChI is InChI=1S/C21H31FN6.HI/c1-5-23-21(24-14-20-15(2)26-27(4)16(20)3)25-18-9-11-28(12-10-18)19-8-6-7-17(22)13-19;/h6-8,13,18H,5,9-12,14H2,1-4H3,(H2,23,24,25);1H. The van der Waals surface area contributed by atoms with Crippen LogP contribution in [0, 0.1) is 19.7 Å². The number of aliphatic imine (C=N–C) groups is 1. The van der Waals surface area contributed by atoms with Crippen LogP contribution in [0.25, 0.3) is 0 Å². The van der Waals surface area contributed by atoms with Gasteiger partial charge in [0.15, 0.2) is 5.96 Å². The summed E-state index contributed by atoms with van der Waals surface area (Å²) in [6, 6.07) is 7.20. The number of nitrogens with one attached hydrogen (secondary N) is 2. The van der Waals surface area contributed by atoms with Gasteiger partial charge >= 0.3 is 0 Å². The number of nitrogens with zero attached hydrogens (tertiary/aromatic N) is 4. The van der Waals surface area contributed by atoms with Gasteiger partial charge in [-0.15, -0.1) is 24.0 Å². The zero-order valence-electron chi connectivity index (χ0n) is 17.7. The number of piperidine rings is 1. The van der Waals surface area contributed by atoms with Gasteiger partial charge in [-0.05, 0) is 51.8 Å². The highest BCUT2D eigenvalue weighted by molar-refractivity contribution is 14.0. The molecule has 2 N–H and O–H groups in total. The van der Waals surface area contributed by atoms with E-state index in [-0.39, 0.29) is 29.8 Å². The maximum absolute atomic E-state index is 13.5. The molecular formula is C21H32FIN6. The number of aromatic nitrogens is 2. The Morgan fingerprint density at radius 1 is 1.28 bits per heavy atom. The van der Waals surface area contributed by atoms with E-state index in [2.05, 4.69) is 34.5 Å². The predicted octanol–water partition coefficient (Wildman–Crippen LogP) is 3.52. The van der Waals surface area contributed by atoms with Crippen molar-refractivity contribution < 1.29 is 4.39 Å². The summed E-state index contributed by atoms with van der Waals surface area (Å²) in [5, 5.41) is 11.4. The number of guanidine groups is 1. The molecule has 8 heteroatoms. The molecule has 1 saturated heterocycles. The number of aryl methyl sites for hydroxylation is 2. The van der Waals surface area contributed by atoms with E-state index in [1.165, 1.54) is 11.6 Å². The van der Waals surface area contributed by atoms with Crippen molar-refractivity contribution >= 4 is 35.6 Å². The molecule has 0 saturated carbocycles. The van der Waals surface area contributed by atoms with E-state index in [0.717, 1.165) is 55.5 Å². The highest BCUT2D eigenvalue weighted by Crippen LogP contribution is 2.21. The smallest absolute Gasteiger partial charge is 0.191 e. The summed E-state index contributed by atoms with van der Waals surface area (Å²) in [6.07, 6.45) is 1.98. The molecule has 1 aliphatic heterocycles. The van der Waals surface area contributed by atoms with Crippen molar-refractivity contribution in [2.75, 3.05) is 24.5 Å². The van der Waals surface area contributed by atoms with Crippen LogP contribution in [-0.2, 0) is 13.6 Å². The van der Waals surface area contributed by atoms with Crippen LogP contribution in [0.3, 0.4) is 0 Å². The lowest BCUT2D eigenvalue weighted by Crippen LogP contribution is -2.48. The van der Waals surface area contributed by atoms with Gasteiger partial charge in [0, 0.05) is 49.7 Å². The van der Waals surface area contributed by atoms with Crippen LogP contribution in [0.4, 0.5) is 10.1 Å². The summed E-state index contributed by atoms with van der Waals surface area (Å²) < 4.78 is 15.4. The molecule has 1 aromatic heterocycles. The number of anilines is 1. The van der Waals surface area contributed by atoms with Gasteiger partial charge in [0.25, 0.3) is 0 Å². The van der Waals surface area contributed by atoms with Crippen molar-refractivity contribution in [3.8, 4) is 0 Å². The van der Waals surface area contributed by atoms with Crippen molar-refractivity contribution in [3.63, 3.8) is 0 Å². The van der Waals surface area contributed by atoms with Gasteiger partial charge in [-0.25, -0.2) is 9.38 Å². The molecule has 1 aromatic carbocycles. The van der Waals surface area contributed by atoms with Crippen molar-refractivity contribution in [1.82, 2.24) is 20.4 Å². The molecule has 6 nitrogen and oxygen atoms in total. The van der Waals surface area contributed by atoms with E-state index < -0.39 is 0 Å². The first kappa shape index (κ1) is 23.4. The zero-order valence-corrected chi connectivity index (χ0v) is 20.0. The van der Waals surface area contributed by atoms with E-state index in [4.69, 9.17) is 4.99 Å². The average molecular weight is 514 g/mol. The average Bonchev–Trinajstić information content (AvgIpc) is 2.92. The van der Waals surface area contributed by atoms with Crippen LogP contribution in [0.2, 0.25) is 0 Å². The molecule has 160 valence electrons. The fourth-order valence-corrected chi connectivity index (χ4v) is 3.67. The summed E-state index contributed by atoms with van der Waals surface area (Å²) in [6.45, 7) is 9.42. The van der Waals surface area contributed by atoms with Gasteiger partial charge in [-0.3, -0.25) is 4.68 Å². The normalized spacial score (nSPS) is 15.2. The van der Waals surface area contributed by atoms with E-state index in [1.54, 1.807) is 12.1 Å². The Kier molecular flexibility index (Phi) is 8.73. The van der Waals surface area contributed by atoms with Crippen LogP contribution in [0.5, 0.6) is 0 Å². The maximum Gasteiger partial charge on any atom is 0.191 e. The number of rotatable bonds is 5. The molecule has 29 heavy (non-hydrogen) atoms. The fraction of sp³-hybridized carbons (Fsp3) is 0.524. The minimum atomic E-state index is -0.180. The second kappa shape index (κ2) is 10.8. The molecule has 1 fully saturated rings. The third-order valence-electron chi connectivity index (χ3n) is 5.41. The summed E-state index contributed by atoms with van der Waals surface area (Å²) in [5.41, 5.74) is 4.32. The molecular weight excluding hydrogens is 482 g/mol. The molecule has 0 amide bonds. The molecule has 0 unspecified atom stereocenters. The largest absolute Gasteiger partial charge is 0.371 e. The molecule has 0 spiro atoms. The summed E-state index contributed by atoms with van der Waals surface area (Å²) >= 11 is 0. The Labute approximate surface area is 190 Å². The fourth-order valence-electron chi connectivity index (χ4n) is 3.67. The topological polar surface area (TPSA) is 57.5 Å². The van der Waals surface area contributed by atoms with Crippen LogP contribution in [0.15, 0.2) is 29.3 Å². The molecule has 1 aliphatic rings. The van der Waals surface area contributed by atoms with E-state index in [9.17, 15) is 4.39 Å². The Hall–Kier alpha value is -1.84. The van der Waals surface area contributed by atoms with Gasteiger partial charge in [-0.1, -0.05) is 6.07 Å². The minimum Gasteiger partial charge on any atom is -0.371 e. The predicted molar refractivity (Wildman–Crippen MR) is 128 cm³/mol. The van der Waals surface area contributed by atoms with Crippen molar-refractivity contribution in [2.45, 2.75) is 46.2 Å². The summed E-state index contributed by atoms with van der Waals surface area (Å²) in [7, 11) is 1.96. The molecule has 2 aromatic rings. The second-order valence-corrected chi connectivity index (χ2v) is 7.35. The third-order valence-corrected chi connectivity index (χ3v) is 5.41. The Bertz CT molecular complexity index is 827. The molecule has 0 atom stereocenters. The highest BCUT2D eigenvalue weighted by atomic mass is 127. The first-order valence-electron chi connectivity index (χ1n) is 10.0. The van der Waals surface area contributed by atoms with E-state index >= 15 is 0 Å². The van der Waals surface area contributed by atoms with Crippen molar-refractivity contribution in [1.29, 1.82) is 0 Å². The number of hydrogen-bond acceptors (Lipinski definition) is 3. The van der Waals surface area contributed by atoms with Crippen LogP contribution >= 0.6 is 24.0 Å². The van der Waals surface area contributed by atoms with Crippen LogP contribution in [0.1, 0.15) is 36.7 Å². The minimum absolute atomic E-state index is 0. The van der Waals surface area contributed by atoms with Gasteiger partial charge in [0.05, 0.1) is 12.2 Å². The Morgan fingerprint density at radius 2 is 2.00 bits per heavy atom. The zero-order chi connectivity index (χ0) is 20.1. The Balaban J connectivity index is 0.00000300. The van der Waals surface area contributed by atoms with Gasteiger partial charge in [-0.2, -0.15) is 5.10 Å². The van der Waals surface area contributed by atoms with Gasteiger partial charge in [0.2, 0.25) is 0 Å². The Morgan fingerprint density at radius 3 is 2.59 bits per heavy atom. The SMILES string of the molecule is CCNC(=NCc1c(C)nn(C)c1C)NC1CCN(c2cccc(F)c2)CC1.I. The monoisotopic (exact) mass is 514 g/mol. The number of benzene rings is 1. The highest BCUT2D eigenvalue weighted by Gasteiger charge is 2.20. The van der Waals surface area contributed by atoms with Crippen molar-refractivity contribution in [3.05, 3.63) is 47.0 Å². The molecule has 0 bridgehead atoms. The van der Waals surface area contributed by atoms with Crippen LogP contribution in [-0.4, -0.2) is 41.4 Å².